The second kappa shape index (κ2) is 4.77. The Hall–Kier alpha value is -0.890. The van der Waals surface area contributed by atoms with Gasteiger partial charge in [0.25, 0.3) is 0 Å². The summed E-state index contributed by atoms with van der Waals surface area (Å²) in [6.07, 6.45) is 1.50. The van der Waals surface area contributed by atoms with Crippen LogP contribution in [0.1, 0.15) is 31.6 Å². The molecule has 1 aliphatic rings. The van der Waals surface area contributed by atoms with Crippen molar-refractivity contribution in [2.75, 3.05) is 6.61 Å². The third kappa shape index (κ3) is 3.06. The number of hydrogen-bond donors (Lipinski definition) is 1. The zero-order valence-electron chi connectivity index (χ0n) is 10.3. The minimum atomic E-state index is -0.439. The molecule has 1 fully saturated rings. The van der Waals surface area contributed by atoms with Crippen LogP contribution < -0.4 is 5.32 Å². The fraction of sp³-hybridized carbons (Fsp3) is 0.615. The van der Waals surface area contributed by atoms with E-state index in [0.29, 0.717) is 6.61 Å². The van der Waals surface area contributed by atoms with Crippen molar-refractivity contribution < 1.29 is 4.74 Å². The summed E-state index contributed by atoms with van der Waals surface area (Å²) in [5.41, 5.74) is -0.651. The molecular weight excluding hydrogens is 232 g/mol. The Morgan fingerprint density at radius 1 is 1.59 bits per heavy atom. The predicted molar refractivity (Wildman–Crippen MR) is 68.8 cm³/mol. The van der Waals surface area contributed by atoms with Gasteiger partial charge < -0.3 is 4.74 Å². The molecule has 3 nitrogen and oxygen atoms in total. The fourth-order valence-corrected chi connectivity index (χ4v) is 2.97. The van der Waals surface area contributed by atoms with Gasteiger partial charge in [0.1, 0.15) is 5.54 Å². The maximum absolute atomic E-state index is 9.44. The molecule has 1 saturated heterocycles. The molecule has 0 spiro atoms. The van der Waals surface area contributed by atoms with Gasteiger partial charge in [0.15, 0.2) is 0 Å². The van der Waals surface area contributed by atoms with Gasteiger partial charge in [-0.15, -0.1) is 11.3 Å². The van der Waals surface area contributed by atoms with Crippen LogP contribution in [0.3, 0.4) is 0 Å². The van der Waals surface area contributed by atoms with E-state index in [9.17, 15) is 5.26 Å². The second-order valence-corrected chi connectivity index (χ2v) is 6.19. The quantitative estimate of drug-likeness (QED) is 0.897. The molecule has 0 saturated carbocycles. The van der Waals surface area contributed by atoms with Crippen LogP contribution in [-0.2, 0) is 11.3 Å². The first-order chi connectivity index (χ1) is 8.05. The average molecular weight is 250 g/mol. The van der Waals surface area contributed by atoms with Gasteiger partial charge in [0.2, 0.25) is 0 Å². The number of hydrogen-bond acceptors (Lipinski definition) is 4. The van der Waals surface area contributed by atoms with Crippen molar-refractivity contribution in [3.63, 3.8) is 0 Å². The van der Waals surface area contributed by atoms with E-state index in [1.165, 1.54) is 4.88 Å². The second-order valence-electron chi connectivity index (χ2n) is 5.16. The van der Waals surface area contributed by atoms with Gasteiger partial charge in [-0.25, -0.2) is 0 Å². The Bertz CT molecular complexity index is 408. The fourth-order valence-electron chi connectivity index (χ4n) is 2.32. The lowest BCUT2D eigenvalue weighted by Crippen LogP contribution is -2.53. The lowest BCUT2D eigenvalue weighted by atomic mass is 9.82. The van der Waals surface area contributed by atoms with Gasteiger partial charge in [0.05, 0.1) is 18.3 Å². The molecule has 0 radical (unpaired) electrons. The van der Waals surface area contributed by atoms with Crippen LogP contribution in [-0.4, -0.2) is 17.7 Å². The number of rotatable bonds is 3. The number of thiophene rings is 1. The van der Waals surface area contributed by atoms with Crippen molar-refractivity contribution in [3.8, 4) is 6.07 Å². The normalized spacial score (nSPS) is 27.6. The summed E-state index contributed by atoms with van der Waals surface area (Å²) < 4.78 is 5.67. The zero-order chi connectivity index (χ0) is 12.4. The van der Waals surface area contributed by atoms with Crippen molar-refractivity contribution in [1.29, 1.82) is 5.26 Å². The summed E-state index contributed by atoms with van der Waals surface area (Å²) in [6.45, 7) is 5.51. The highest BCUT2D eigenvalue weighted by Gasteiger charge is 2.40. The molecule has 2 rings (SSSR count). The molecule has 1 unspecified atom stereocenters. The zero-order valence-corrected chi connectivity index (χ0v) is 11.1. The molecule has 0 bridgehead atoms. The highest BCUT2D eigenvalue weighted by molar-refractivity contribution is 7.09. The first kappa shape index (κ1) is 12.6. The summed E-state index contributed by atoms with van der Waals surface area (Å²) in [5.74, 6) is 0. The van der Waals surface area contributed by atoms with Crippen LogP contribution in [0.4, 0.5) is 0 Å². The van der Waals surface area contributed by atoms with Gasteiger partial charge in [0, 0.05) is 24.3 Å². The van der Waals surface area contributed by atoms with Gasteiger partial charge in [-0.05, 0) is 25.3 Å². The molecule has 1 aromatic rings. The highest BCUT2D eigenvalue weighted by Crippen LogP contribution is 2.32. The Morgan fingerprint density at radius 2 is 2.41 bits per heavy atom. The summed E-state index contributed by atoms with van der Waals surface area (Å²) >= 11 is 1.72. The maximum atomic E-state index is 9.44. The van der Waals surface area contributed by atoms with Crippen molar-refractivity contribution in [3.05, 3.63) is 22.4 Å². The molecule has 0 amide bonds. The van der Waals surface area contributed by atoms with E-state index in [4.69, 9.17) is 4.74 Å². The Kier molecular flexibility index (Phi) is 3.53. The monoisotopic (exact) mass is 250 g/mol. The van der Waals surface area contributed by atoms with E-state index in [1.807, 2.05) is 19.9 Å². The molecule has 92 valence electrons. The van der Waals surface area contributed by atoms with E-state index in [0.717, 1.165) is 19.4 Å². The van der Waals surface area contributed by atoms with E-state index in [1.54, 1.807) is 11.3 Å². The third-order valence-electron chi connectivity index (χ3n) is 3.14. The summed E-state index contributed by atoms with van der Waals surface area (Å²) in [7, 11) is 0. The molecule has 1 atom stereocenters. The lowest BCUT2D eigenvalue weighted by molar-refractivity contribution is -0.0763. The highest BCUT2D eigenvalue weighted by atomic mass is 32.1. The van der Waals surface area contributed by atoms with Crippen molar-refractivity contribution in [2.45, 2.75) is 44.4 Å². The number of nitrogens with zero attached hydrogens (tertiary/aromatic N) is 1. The van der Waals surface area contributed by atoms with Crippen LogP contribution in [0.15, 0.2) is 17.5 Å². The maximum Gasteiger partial charge on any atom is 0.111 e. The van der Waals surface area contributed by atoms with Crippen LogP contribution in [0, 0.1) is 11.3 Å². The van der Waals surface area contributed by atoms with Gasteiger partial charge in [-0.3, -0.25) is 5.32 Å². The average Bonchev–Trinajstić information content (AvgIpc) is 2.78. The summed E-state index contributed by atoms with van der Waals surface area (Å²) in [5, 5.41) is 14.9. The van der Waals surface area contributed by atoms with E-state index < -0.39 is 5.54 Å². The number of ether oxygens (including phenoxy) is 1. The molecule has 1 aliphatic heterocycles. The molecule has 17 heavy (non-hydrogen) atoms. The minimum absolute atomic E-state index is 0.212. The van der Waals surface area contributed by atoms with Gasteiger partial charge in [-0.2, -0.15) is 5.26 Å². The predicted octanol–water partition coefficient (Wildman–Crippen LogP) is 2.69. The molecule has 4 heteroatoms. The van der Waals surface area contributed by atoms with E-state index in [-0.39, 0.29) is 5.60 Å². The van der Waals surface area contributed by atoms with Gasteiger partial charge >= 0.3 is 0 Å². The molecule has 1 N–H and O–H groups in total. The SMILES string of the molecule is CC1(C)CC(C#N)(NCc2cccs2)CCO1. The molecule has 2 heterocycles. The summed E-state index contributed by atoms with van der Waals surface area (Å²) in [4.78, 5) is 1.27. The Labute approximate surface area is 106 Å². The van der Waals surface area contributed by atoms with Crippen molar-refractivity contribution >= 4 is 11.3 Å². The van der Waals surface area contributed by atoms with Crippen LogP contribution in [0.5, 0.6) is 0 Å². The van der Waals surface area contributed by atoms with E-state index in [2.05, 4.69) is 22.8 Å². The molecule has 0 aromatic carbocycles. The van der Waals surface area contributed by atoms with Crippen LogP contribution >= 0.6 is 11.3 Å². The standard InChI is InChI=1S/C13H18N2OS/c1-12(2)9-13(10-14,5-6-16-12)15-8-11-4-3-7-17-11/h3-4,7,15H,5-6,8-9H2,1-2H3. The third-order valence-corrected chi connectivity index (χ3v) is 4.02. The first-order valence-corrected chi connectivity index (χ1v) is 6.76. The Morgan fingerprint density at radius 3 is 3.00 bits per heavy atom. The minimum Gasteiger partial charge on any atom is -0.375 e. The summed E-state index contributed by atoms with van der Waals surface area (Å²) in [6, 6.07) is 6.58. The smallest absolute Gasteiger partial charge is 0.111 e. The lowest BCUT2D eigenvalue weighted by Gasteiger charge is -2.41. The largest absolute Gasteiger partial charge is 0.375 e. The molecule has 1 aromatic heterocycles. The first-order valence-electron chi connectivity index (χ1n) is 5.88. The van der Waals surface area contributed by atoms with Gasteiger partial charge in [-0.1, -0.05) is 6.07 Å². The van der Waals surface area contributed by atoms with Crippen LogP contribution in [0.2, 0.25) is 0 Å². The molecular formula is C13H18N2OS. The number of nitriles is 1. The van der Waals surface area contributed by atoms with Crippen molar-refractivity contribution in [1.82, 2.24) is 5.32 Å². The van der Waals surface area contributed by atoms with Crippen LogP contribution in [0.25, 0.3) is 0 Å². The van der Waals surface area contributed by atoms with Crippen molar-refractivity contribution in [2.24, 2.45) is 0 Å². The number of nitrogens with one attached hydrogen (secondary N) is 1. The Balaban J connectivity index is 2.02. The molecule has 0 aliphatic carbocycles. The van der Waals surface area contributed by atoms with E-state index >= 15 is 0 Å². The topological polar surface area (TPSA) is 45.0 Å².